The fourth-order valence-electron chi connectivity index (χ4n) is 0.506. The Morgan fingerprint density at radius 1 is 1.42 bits per heavy atom. The van der Waals surface area contributed by atoms with Crippen molar-refractivity contribution in [1.82, 2.24) is 0 Å². The molecule has 0 unspecified atom stereocenters. The lowest BCUT2D eigenvalue weighted by Crippen LogP contribution is -2.08. The average Bonchev–Trinajstić information content (AvgIpc) is 1.97. The summed E-state index contributed by atoms with van der Waals surface area (Å²) < 4.78 is 4.55. The molecule has 0 bridgehead atoms. The molecule has 4 nitrogen and oxygen atoms in total. The van der Waals surface area contributed by atoms with E-state index in [1.165, 1.54) is 19.1 Å². The fraction of sp³-hybridized carbons (Fsp3) is 0.375. The summed E-state index contributed by atoms with van der Waals surface area (Å²) in [5, 5.41) is 0. The Morgan fingerprint density at radius 2 is 2.08 bits per heavy atom. The van der Waals surface area contributed by atoms with Crippen LogP contribution in [-0.2, 0) is 19.1 Å². The van der Waals surface area contributed by atoms with Crippen LogP contribution in [0.4, 0.5) is 0 Å². The molecule has 0 amide bonds. The maximum atomic E-state index is 10.7. The van der Waals surface area contributed by atoms with Gasteiger partial charge < -0.3 is 4.74 Å². The lowest BCUT2D eigenvalue weighted by molar-refractivity contribution is -0.144. The van der Waals surface area contributed by atoms with Gasteiger partial charge in [-0.2, -0.15) is 0 Å². The van der Waals surface area contributed by atoms with Gasteiger partial charge in [-0.25, -0.2) is 0 Å². The molecule has 0 aromatic rings. The van der Waals surface area contributed by atoms with E-state index in [0.717, 1.165) is 0 Å². The lowest BCUT2D eigenvalue weighted by atomic mass is 10.3. The second-order valence-corrected chi connectivity index (χ2v) is 2.13. The topological polar surface area (TPSA) is 60.4 Å². The standard InChI is InChI=1S/C8H10O4/c1-7(10)6-8(11)12-5-3-2-4-9/h2-4H,5-6H2,1H3. The minimum absolute atomic E-state index is 0.0326. The van der Waals surface area contributed by atoms with Crippen LogP contribution in [0.3, 0.4) is 0 Å². The molecule has 0 aromatic carbocycles. The maximum Gasteiger partial charge on any atom is 0.313 e. The largest absolute Gasteiger partial charge is 0.461 e. The molecular weight excluding hydrogens is 160 g/mol. The summed E-state index contributed by atoms with van der Waals surface area (Å²) >= 11 is 0. The third kappa shape index (κ3) is 6.67. The maximum absolute atomic E-state index is 10.7. The van der Waals surface area contributed by atoms with Gasteiger partial charge in [0.2, 0.25) is 0 Å². The molecule has 0 aliphatic carbocycles. The third-order valence-corrected chi connectivity index (χ3v) is 0.948. The SMILES string of the molecule is CC(=O)CC(=O)OCC=CC=O. The molecule has 0 rings (SSSR count). The Hall–Kier alpha value is -1.45. The first kappa shape index (κ1) is 10.6. The molecule has 0 atom stereocenters. The average molecular weight is 170 g/mol. The van der Waals surface area contributed by atoms with Crippen molar-refractivity contribution in [2.75, 3.05) is 6.61 Å². The molecule has 0 aliphatic heterocycles. The number of carbonyl (C=O) groups is 3. The van der Waals surface area contributed by atoms with Crippen molar-refractivity contribution < 1.29 is 19.1 Å². The molecule has 12 heavy (non-hydrogen) atoms. The highest BCUT2D eigenvalue weighted by Gasteiger charge is 2.03. The number of hydrogen-bond donors (Lipinski definition) is 0. The van der Waals surface area contributed by atoms with E-state index in [-0.39, 0.29) is 18.8 Å². The second kappa shape index (κ2) is 6.27. The van der Waals surface area contributed by atoms with Gasteiger partial charge in [0.25, 0.3) is 0 Å². The van der Waals surface area contributed by atoms with Crippen LogP contribution < -0.4 is 0 Å². The number of Topliss-reactive ketones (excluding diaryl/α,β-unsaturated/α-hetero) is 1. The van der Waals surface area contributed by atoms with Gasteiger partial charge in [0.1, 0.15) is 25.1 Å². The highest BCUT2D eigenvalue weighted by Crippen LogP contribution is 1.87. The van der Waals surface area contributed by atoms with Crippen molar-refractivity contribution in [3.05, 3.63) is 12.2 Å². The summed E-state index contributed by atoms with van der Waals surface area (Å²) in [7, 11) is 0. The number of esters is 1. The number of ketones is 1. The molecule has 0 saturated heterocycles. The van der Waals surface area contributed by atoms with Gasteiger partial charge in [0.05, 0.1) is 0 Å². The van der Waals surface area contributed by atoms with Crippen molar-refractivity contribution in [3.63, 3.8) is 0 Å². The first-order valence-electron chi connectivity index (χ1n) is 3.42. The lowest BCUT2D eigenvalue weighted by Gasteiger charge is -1.97. The zero-order valence-corrected chi connectivity index (χ0v) is 6.78. The molecule has 0 aromatic heterocycles. The number of allylic oxidation sites excluding steroid dienone is 1. The van der Waals surface area contributed by atoms with Crippen LogP contribution >= 0.6 is 0 Å². The zero-order chi connectivity index (χ0) is 9.40. The summed E-state index contributed by atoms with van der Waals surface area (Å²) in [4.78, 5) is 30.8. The van der Waals surface area contributed by atoms with Crippen molar-refractivity contribution in [2.45, 2.75) is 13.3 Å². The van der Waals surface area contributed by atoms with E-state index in [4.69, 9.17) is 0 Å². The predicted molar refractivity (Wildman–Crippen MR) is 41.5 cm³/mol. The van der Waals surface area contributed by atoms with E-state index in [0.29, 0.717) is 6.29 Å². The molecule has 0 heterocycles. The van der Waals surface area contributed by atoms with E-state index >= 15 is 0 Å². The monoisotopic (exact) mass is 170 g/mol. The van der Waals surface area contributed by atoms with Crippen molar-refractivity contribution in [2.24, 2.45) is 0 Å². The predicted octanol–water partition coefficient (Wildman–Crippen LogP) is 0.264. The highest BCUT2D eigenvalue weighted by molar-refractivity contribution is 5.94. The zero-order valence-electron chi connectivity index (χ0n) is 6.78. The van der Waals surface area contributed by atoms with Crippen LogP contribution in [0.5, 0.6) is 0 Å². The molecule has 0 spiro atoms. The van der Waals surface area contributed by atoms with Gasteiger partial charge >= 0.3 is 5.97 Å². The van der Waals surface area contributed by atoms with E-state index in [1.54, 1.807) is 0 Å². The number of ether oxygens (including phenoxy) is 1. The van der Waals surface area contributed by atoms with Gasteiger partial charge in [-0.05, 0) is 19.1 Å². The molecule has 0 radical (unpaired) electrons. The van der Waals surface area contributed by atoms with Gasteiger partial charge in [-0.15, -0.1) is 0 Å². The Kier molecular flexibility index (Phi) is 5.51. The van der Waals surface area contributed by atoms with Gasteiger partial charge in [-0.3, -0.25) is 14.4 Å². The van der Waals surface area contributed by atoms with Crippen LogP contribution in [0.25, 0.3) is 0 Å². The van der Waals surface area contributed by atoms with Crippen LogP contribution in [0.15, 0.2) is 12.2 Å². The minimum Gasteiger partial charge on any atom is -0.461 e. The molecule has 0 saturated carbocycles. The number of rotatable bonds is 5. The molecule has 0 aliphatic rings. The molecule has 4 heteroatoms. The number of aldehydes is 1. The van der Waals surface area contributed by atoms with E-state index < -0.39 is 5.97 Å². The van der Waals surface area contributed by atoms with E-state index in [1.807, 2.05) is 0 Å². The minimum atomic E-state index is -0.571. The smallest absolute Gasteiger partial charge is 0.313 e. The molecular formula is C8H10O4. The Balaban J connectivity index is 3.50. The number of carbonyl (C=O) groups excluding carboxylic acids is 3. The van der Waals surface area contributed by atoms with Crippen LogP contribution in [0.2, 0.25) is 0 Å². The van der Waals surface area contributed by atoms with Gasteiger partial charge in [0.15, 0.2) is 0 Å². The molecule has 0 N–H and O–H groups in total. The van der Waals surface area contributed by atoms with E-state index in [2.05, 4.69) is 4.74 Å². The quantitative estimate of drug-likeness (QED) is 0.257. The van der Waals surface area contributed by atoms with Crippen molar-refractivity contribution >= 4 is 18.0 Å². The van der Waals surface area contributed by atoms with E-state index in [9.17, 15) is 14.4 Å². The Bertz CT molecular complexity index is 205. The normalized spacial score (nSPS) is 9.75. The van der Waals surface area contributed by atoms with Gasteiger partial charge in [-0.1, -0.05) is 0 Å². The highest BCUT2D eigenvalue weighted by atomic mass is 16.5. The fourth-order valence-corrected chi connectivity index (χ4v) is 0.506. The van der Waals surface area contributed by atoms with Crippen LogP contribution in [0, 0.1) is 0 Å². The van der Waals surface area contributed by atoms with Crippen LogP contribution in [-0.4, -0.2) is 24.6 Å². The molecule has 0 fully saturated rings. The first-order chi connectivity index (χ1) is 5.66. The van der Waals surface area contributed by atoms with Crippen molar-refractivity contribution in [1.29, 1.82) is 0 Å². The summed E-state index contributed by atoms with van der Waals surface area (Å²) in [6.07, 6.45) is 2.99. The van der Waals surface area contributed by atoms with Gasteiger partial charge in [0, 0.05) is 0 Å². The van der Waals surface area contributed by atoms with Crippen molar-refractivity contribution in [3.8, 4) is 0 Å². The summed E-state index contributed by atoms with van der Waals surface area (Å²) in [5.41, 5.74) is 0. The summed E-state index contributed by atoms with van der Waals surface area (Å²) in [5.74, 6) is -0.808. The number of hydrogen-bond acceptors (Lipinski definition) is 4. The summed E-state index contributed by atoms with van der Waals surface area (Å²) in [6.45, 7) is 1.34. The third-order valence-electron chi connectivity index (χ3n) is 0.948. The Labute approximate surface area is 70.2 Å². The second-order valence-electron chi connectivity index (χ2n) is 2.13. The Morgan fingerprint density at radius 3 is 2.58 bits per heavy atom. The van der Waals surface area contributed by atoms with Crippen LogP contribution in [0.1, 0.15) is 13.3 Å². The first-order valence-corrected chi connectivity index (χ1v) is 3.42. The summed E-state index contributed by atoms with van der Waals surface area (Å²) in [6, 6.07) is 0. The molecule has 66 valence electrons.